The zero-order valence-corrected chi connectivity index (χ0v) is 16.5. The summed E-state index contributed by atoms with van der Waals surface area (Å²) in [6, 6.07) is 9.04. The molecule has 0 aromatic heterocycles. The molecule has 3 saturated heterocycles. The fraction of sp³-hybridized carbons (Fsp3) is 0.714. The number of methoxy groups -OCH3 is 1. The highest BCUT2D eigenvalue weighted by Gasteiger charge is 2.41. The Morgan fingerprint density at radius 1 is 1.11 bits per heavy atom. The molecule has 0 unspecified atom stereocenters. The Kier molecular flexibility index (Phi) is 5.34. The number of anilines is 1. The Bertz CT molecular complexity index is 630. The van der Waals surface area contributed by atoms with Crippen molar-refractivity contribution in [1.29, 1.82) is 0 Å². The average molecular weight is 376 g/mol. The number of benzene rings is 1. The second-order valence-electron chi connectivity index (χ2n) is 8.69. The Morgan fingerprint density at radius 2 is 1.81 bits per heavy atom. The van der Waals surface area contributed by atoms with Crippen LogP contribution in [-0.4, -0.2) is 90.2 Å². The molecule has 3 aliphatic heterocycles. The van der Waals surface area contributed by atoms with Crippen LogP contribution in [0.5, 0.6) is 5.75 Å². The van der Waals surface area contributed by atoms with Gasteiger partial charge in [-0.3, -0.25) is 9.80 Å². The number of piperazine rings is 1. The minimum absolute atomic E-state index is 0.182. The van der Waals surface area contributed by atoms with Crippen LogP contribution in [0.25, 0.3) is 0 Å². The number of ether oxygens (including phenoxy) is 1. The first-order chi connectivity index (χ1) is 13.0. The van der Waals surface area contributed by atoms with Gasteiger partial charge in [-0.2, -0.15) is 0 Å². The van der Waals surface area contributed by atoms with Crippen LogP contribution in [0.2, 0.25) is 0 Å². The third-order valence-corrected chi connectivity index (χ3v) is 6.70. The van der Waals surface area contributed by atoms with E-state index in [0.29, 0.717) is 12.1 Å². The van der Waals surface area contributed by atoms with Crippen LogP contribution >= 0.6 is 0 Å². The second-order valence-corrected chi connectivity index (χ2v) is 8.69. The standard InChI is InChI=1S/C21H33N3O3/c1-16-12-23-14-19(25)11-18(23)13-24(16)15-21(26)7-9-22(10-8-21)17-3-5-20(27-2)6-4-17/h3-6,16,18-19,25-26H,7-15H2,1-2H3/t16-,18+,19+/m0/s1. The number of aliphatic hydroxyl groups is 2. The first-order valence-electron chi connectivity index (χ1n) is 10.2. The molecule has 3 heterocycles. The van der Waals surface area contributed by atoms with E-state index in [0.717, 1.165) is 64.3 Å². The minimum atomic E-state index is -0.614. The van der Waals surface area contributed by atoms with Crippen molar-refractivity contribution in [3.05, 3.63) is 24.3 Å². The van der Waals surface area contributed by atoms with E-state index in [2.05, 4.69) is 33.8 Å². The summed E-state index contributed by atoms with van der Waals surface area (Å²) in [7, 11) is 1.68. The van der Waals surface area contributed by atoms with Gasteiger partial charge in [0.25, 0.3) is 0 Å². The van der Waals surface area contributed by atoms with Crippen molar-refractivity contribution in [2.75, 3.05) is 51.3 Å². The van der Waals surface area contributed by atoms with Crippen molar-refractivity contribution >= 4 is 5.69 Å². The SMILES string of the molecule is COc1ccc(N2CCC(O)(CN3C[C@H]4C[C@@H](O)CN4C[C@@H]3C)CC2)cc1. The Hall–Kier alpha value is -1.34. The topological polar surface area (TPSA) is 59.4 Å². The van der Waals surface area contributed by atoms with Crippen molar-refractivity contribution in [3.8, 4) is 5.75 Å². The lowest BCUT2D eigenvalue weighted by molar-refractivity contribution is -0.0472. The maximum Gasteiger partial charge on any atom is 0.119 e. The predicted molar refractivity (Wildman–Crippen MR) is 106 cm³/mol. The van der Waals surface area contributed by atoms with Crippen LogP contribution in [-0.2, 0) is 0 Å². The summed E-state index contributed by atoms with van der Waals surface area (Å²) in [5.74, 6) is 0.873. The van der Waals surface area contributed by atoms with Crippen LogP contribution in [0.15, 0.2) is 24.3 Å². The van der Waals surface area contributed by atoms with Gasteiger partial charge in [0.1, 0.15) is 5.75 Å². The molecular weight excluding hydrogens is 342 g/mol. The third kappa shape index (κ3) is 4.09. The fourth-order valence-corrected chi connectivity index (χ4v) is 5.01. The first kappa shape index (κ1) is 19.0. The third-order valence-electron chi connectivity index (χ3n) is 6.70. The second kappa shape index (κ2) is 7.59. The lowest BCUT2D eigenvalue weighted by atomic mass is 9.89. The van der Waals surface area contributed by atoms with Gasteiger partial charge in [0.15, 0.2) is 0 Å². The average Bonchev–Trinajstić information content (AvgIpc) is 3.01. The van der Waals surface area contributed by atoms with Gasteiger partial charge in [0.05, 0.1) is 18.8 Å². The zero-order valence-electron chi connectivity index (χ0n) is 16.5. The van der Waals surface area contributed by atoms with Crippen molar-refractivity contribution in [2.45, 2.75) is 50.0 Å². The van der Waals surface area contributed by atoms with Gasteiger partial charge in [-0.15, -0.1) is 0 Å². The Labute approximate surface area is 162 Å². The number of aliphatic hydroxyl groups excluding tert-OH is 1. The van der Waals surface area contributed by atoms with E-state index in [4.69, 9.17) is 4.74 Å². The minimum Gasteiger partial charge on any atom is -0.497 e. The molecule has 6 heteroatoms. The van der Waals surface area contributed by atoms with Crippen LogP contribution < -0.4 is 9.64 Å². The summed E-state index contributed by atoms with van der Waals surface area (Å²) in [6.07, 6.45) is 2.27. The molecule has 3 atom stereocenters. The van der Waals surface area contributed by atoms with E-state index < -0.39 is 5.60 Å². The van der Waals surface area contributed by atoms with E-state index in [1.54, 1.807) is 7.11 Å². The number of fused-ring (bicyclic) bond motifs is 1. The van der Waals surface area contributed by atoms with Gasteiger partial charge < -0.3 is 19.8 Å². The van der Waals surface area contributed by atoms with Gasteiger partial charge in [-0.25, -0.2) is 0 Å². The molecule has 6 nitrogen and oxygen atoms in total. The highest BCUT2D eigenvalue weighted by atomic mass is 16.5. The van der Waals surface area contributed by atoms with Gasteiger partial charge in [-0.05, 0) is 50.5 Å². The molecule has 0 spiro atoms. The smallest absolute Gasteiger partial charge is 0.119 e. The molecule has 0 bridgehead atoms. The maximum absolute atomic E-state index is 11.2. The largest absolute Gasteiger partial charge is 0.497 e. The molecule has 0 amide bonds. The van der Waals surface area contributed by atoms with Gasteiger partial charge >= 0.3 is 0 Å². The number of β-amino-alcohol motifs (C(OH)–C–C–N with tert-alkyl or cyclic N) is 1. The number of piperidine rings is 1. The summed E-state index contributed by atoms with van der Waals surface area (Å²) in [4.78, 5) is 7.22. The van der Waals surface area contributed by atoms with Crippen LogP contribution in [0.4, 0.5) is 5.69 Å². The summed E-state index contributed by atoms with van der Waals surface area (Å²) in [6.45, 7) is 7.50. The summed E-state index contributed by atoms with van der Waals surface area (Å²) in [5.41, 5.74) is 0.580. The summed E-state index contributed by atoms with van der Waals surface area (Å²) < 4.78 is 5.24. The molecule has 4 rings (SSSR count). The lowest BCUT2D eigenvalue weighted by Crippen LogP contribution is -2.60. The summed E-state index contributed by atoms with van der Waals surface area (Å²) >= 11 is 0. The van der Waals surface area contributed by atoms with Crippen LogP contribution in [0.1, 0.15) is 26.2 Å². The monoisotopic (exact) mass is 375 g/mol. The van der Waals surface area contributed by atoms with Crippen molar-refractivity contribution in [1.82, 2.24) is 9.80 Å². The van der Waals surface area contributed by atoms with Gasteiger partial charge in [0.2, 0.25) is 0 Å². The van der Waals surface area contributed by atoms with Gasteiger partial charge in [-0.1, -0.05) is 0 Å². The first-order valence-corrected chi connectivity index (χ1v) is 10.2. The quantitative estimate of drug-likeness (QED) is 0.824. The molecule has 1 aromatic rings. The number of hydrogen-bond acceptors (Lipinski definition) is 6. The highest BCUT2D eigenvalue weighted by molar-refractivity contribution is 5.49. The molecule has 1 aromatic carbocycles. The predicted octanol–water partition coefficient (Wildman–Crippen LogP) is 1.17. The molecule has 27 heavy (non-hydrogen) atoms. The molecule has 2 N–H and O–H groups in total. The summed E-state index contributed by atoms with van der Waals surface area (Å²) in [5, 5.41) is 21.2. The van der Waals surface area contributed by atoms with Gasteiger partial charge in [0, 0.05) is 57.0 Å². The van der Waals surface area contributed by atoms with E-state index in [1.807, 2.05) is 12.1 Å². The van der Waals surface area contributed by atoms with E-state index in [1.165, 1.54) is 5.69 Å². The molecule has 150 valence electrons. The maximum atomic E-state index is 11.2. The Balaban J connectivity index is 1.33. The van der Waals surface area contributed by atoms with E-state index in [9.17, 15) is 10.2 Å². The van der Waals surface area contributed by atoms with Crippen molar-refractivity contribution in [2.24, 2.45) is 0 Å². The fourth-order valence-electron chi connectivity index (χ4n) is 5.01. The molecule has 0 radical (unpaired) electrons. The zero-order chi connectivity index (χ0) is 19.0. The van der Waals surface area contributed by atoms with E-state index in [-0.39, 0.29) is 6.10 Å². The molecular formula is C21H33N3O3. The number of hydrogen-bond donors (Lipinski definition) is 2. The molecule has 3 aliphatic rings. The molecule has 3 fully saturated rings. The number of rotatable bonds is 4. The normalized spacial score (nSPS) is 31.7. The van der Waals surface area contributed by atoms with Crippen LogP contribution in [0.3, 0.4) is 0 Å². The number of nitrogens with zero attached hydrogens (tertiary/aromatic N) is 3. The molecule has 0 saturated carbocycles. The van der Waals surface area contributed by atoms with E-state index >= 15 is 0 Å². The highest BCUT2D eigenvalue weighted by Crippen LogP contribution is 2.31. The van der Waals surface area contributed by atoms with Crippen molar-refractivity contribution in [3.63, 3.8) is 0 Å². The molecule has 0 aliphatic carbocycles. The lowest BCUT2D eigenvalue weighted by Gasteiger charge is -2.47. The Morgan fingerprint density at radius 3 is 2.48 bits per heavy atom. The van der Waals surface area contributed by atoms with Crippen LogP contribution in [0, 0.1) is 0 Å². The van der Waals surface area contributed by atoms with Crippen molar-refractivity contribution < 1.29 is 14.9 Å².